The highest BCUT2D eigenvalue weighted by Crippen LogP contribution is 2.22. The SMILES string of the molecule is CCNC(=O)C1CCN(CC(O)c2cc(C)cc(C)c2)CC1. The summed E-state index contributed by atoms with van der Waals surface area (Å²) in [5.74, 6) is 0.312. The third-order valence-electron chi connectivity index (χ3n) is 4.37. The number of nitrogens with zero attached hydrogens (tertiary/aromatic N) is 1. The Labute approximate surface area is 133 Å². The molecule has 1 atom stereocenters. The number of piperidine rings is 1. The molecular weight excluding hydrogens is 276 g/mol. The Bertz CT molecular complexity index is 488. The summed E-state index contributed by atoms with van der Waals surface area (Å²) in [5, 5.41) is 13.4. The number of carbonyl (C=O) groups is 1. The number of aliphatic hydroxyl groups is 1. The van der Waals surface area contributed by atoms with Crippen LogP contribution >= 0.6 is 0 Å². The zero-order valence-corrected chi connectivity index (χ0v) is 13.9. The zero-order valence-electron chi connectivity index (χ0n) is 13.9. The molecule has 0 spiro atoms. The first-order valence-electron chi connectivity index (χ1n) is 8.26. The van der Waals surface area contributed by atoms with Gasteiger partial charge in [-0.05, 0) is 52.3 Å². The molecule has 1 aliphatic heterocycles. The Morgan fingerprint density at radius 2 is 1.86 bits per heavy atom. The van der Waals surface area contributed by atoms with Crippen LogP contribution in [0.3, 0.4) is 0 Å². The van der Waals surface area contributed by atoms with E-state index in [1.54, 1.807) is 0 Å². The number of aryl methyl sites for hydroxylation is 2. The Kier molecular flexibility index (Phi) is 5.98. The molecule has 0 radical (unpaired) electrons. The third kappa shape index (κ3) is 4.55. The van der Waals surface area contributed by atoms with Crippen LogP contribution in [0.5, 0.6) is 0 Å². The minimum atomic E-state index is -0.459. The second-order valence-electron chi connectivity index (χ2n) is 6.41. The van der Waals surface area contributed by atoms with Gasteiger partial charge in [0, 0.05) is 19.0 Å². The topological polar surface area (TPSA) is 52.6 Å². The lowest BCUT2D eigenvalue weighted by Crippen LogP contribution is -2.41. The van der Waals surface area contributed by atoms with E-state index in [1.165, 1.54) is 11.1 Å². The fourth-order valence-corrected chi connectivity index (χ4v) is 3.25. The van der Waals surface area contributed by atoms with Gasteiger partial charge in [0.1, 0.15) is 0 Å². The van der Waals surface area contributed by atoms with Crippen LogP contribution in [0, 0.1) is 19.8 Å². The lowest BCUT2D eigenvalue weighted by Gasteiger charge is -2.32. The van der Waals surface area contributed by atoms with E-state index in [0.717, 1.165) is 31.5 Å². The van der Waals surface area contributed by atoms with Gasteiger partial charge in [0.25, 0.3) is 0 Å². The number of amides is 1. The van der Waals surface area contributed by atoms with Crippen LogP contribution in [-0.2, 0) is 4.79 Å². The minimum Gasteiger partial charge on any atom is -0.387 e. The van der Waals surface area contributed by atoms with Crippen molar-refractivity contribution in [2.24, 2.45) is 5.92 Å². The van der Waals surface area contributed by atoms with Crippen molar-refractivity contribution in [2.75, 3.05) is 26.2 Å². The van der Waals surface area contributed by atoms with Gasteiger partial charge in [-0.1, -0.05) is 29.3 Å². The van der Waals surface area contributed by atoms with Crippen LogP contribution in [0.1, 0.15) is 42.6 Å². The van der Waals surface area contributed by atoms with E-state index >= 15 is 0 Å². The minimum absolute atomic E-state index is 0.134. The normalized spacial score (nSPS) is 18.2. The smallest absolute Gasteiger partial charge is 0.223 e. The number of rotatable bonds is 5. The van der Waals surface area contributed by atoms with Crippen molar-refractivity contribution < 1.29 is 9.90 Å². The highest BCUT2D eigenvalue weighted by atomic mass is 16.3. The van der Waals surface area contributed by atoms with Crippen molar-refractivity contribution in [3.63, 3.8) is 0 Å². The van der Waals surface area contributed by atoms with Gasteiger partial charge in [-0.15, -0.1) is 0 Å². The summed E-state index contributed by atoms with van der Waals surface area (Å²) in [6, 6.07) is 6.23. The highest BCUT2D eigenvalue weighted by Gasteiger charge is 2.25. The van der Waals surface area contributed by atoms with Gasteiger partial charge in [0.05, 0.1) is 6.10 Å². The molecular formula is C18H28N2O2. The lowest BCUT2D eigenvalue weighted by atomic mass is 9.95. The Balaban J connectivity index is 1.86. The van der Waals surface area contributed by atoms with Gasteiger partial charge in [-0.25, -0.2) is 0 Å². The fourth-order valence-electron chi connectivity index (χ4n) is 3.25. The van der Waals surface area contributed by atoms with Crippen LogP contribution in [0.15, 0.2) is 18.2 Å². The lowest BCUT2D eigenvalue weighted by molar-refractivity contribution is -0.126. The molecule has 1 aromatic carbocycles. The second kappa shape index (κ2) is 7.75. The summed E-state index contributed by atoms with van der Waals surface area (Å²) in [5.41, 5.74) is 3.36. The maximum absolute atomic E-state index is 11.8. The molecule has 4 nitrogen and oxygen atoms in total. The fraction of sp³-hybridized carbons (Fsp3) is 0.611. The standard InChI is InChI=1S/C18H28N2O2/c1-4-19-18(22)15-5-7-20(8-6-15)12-17(21)16-10-13(2)9-14(3)11-16/h9-11,15,17,21H,4-8,12H2,1-3H3,(H,19,22). The van der Waals surface area contributed by atoms with Gasteiger partial charge in [0.2, 0.25) is 5.91 Å². The van der Waals surface area contributed by atoms with Gasteiger partial charge in [0.15, 0.2) is 0 Å². The number of aliphatic hydroxyl groups excluding tert-OH is 1. The van der Waals surface area contributed by atoms with E-state index in [1.807, 2.05) is 6.92 Å². The van der Waals surface area contributed by atoms with Crippen LogP contribution in [-0.4, -0.2) is 42.1 Å². The van der Waals surface area contributed by atoms with Gasteiger partial charge >= 0.3 is 0 Å². The number of carbonyl (C=O) groups excluding carboxylic acids is 1. The van der Waals surface area contributed by atoms with Crippen molar-refractivity contribution >= 4 is 5.91 Å². The molecule has 1 heterocycles. The van der Waals surface area contributed by atoms with Gasteiger partial charge in [-0.3, -0.25) is 4.79 Å². The Morgan fingerprint density at radius 3 is 2.41 bits per heavy atom. The molecule has 4 heteroatoms. The Hall–Kier alpha value is -1.39. The molecule has 1 unspecified atom stereocenters. The van der Waals surface area contributed by atoms with E-state index in [2.05, 4.69) is 42.3 Å². The second-order valence-corrected chi connectivity index (χ2v) is 6.41. The van der Waals surface area contributed by atoms with E-state index in [9.17, 15) is 9.90 Å². The molecule has 1 aromatic rings. The summed E-state index contributed by atoms with van der Waals surface area (Å²) in [6.45, 7) is 9.16. The molecule has 1 fully saturated rings. The van der Waals surface area contributed by atoms with Crippen LogP contribution in [0.4, 0.5) is 0 Å². The van der Waals surface area contributed by atoms with Crippen LogP contribution < -0.4 is 5.32 Å². The van der Waals surface area contributed by atoms with E-state index < -0.39 is 6.10 Å². The number of benzene rings is 1. The molecule has 22 heavy (non-hydrogen) atoms. The summed E-state index contributed by atoms with van der Waals surface area (Å²) >= 11 is 0. The molecule has 122 valence electrons. The maximum atomic E-state index is 11.8. The molecule has 0 aliphatic carbocycles. The van der Waals surface area contributed by atoms with Crippen molar-refractivity contribution in [3.8, 4) is 0 Å². The summed E-state index contributed by atoms with van der Waals surface area (Å²) in [7, 11) is 0. The average molecular weight is 304 g/mol. The molecule has 1 amide bonds. The predicted molar refractivity (Wildman–Crippen MR) is 88.7 cm³/mol. The van der Waals surface area contributed by atoms with Crippen LogP contribution in [0.2, 0.25) is 0 Å². The summed E-state index contributed by atoms with van der Waals surface area (Å²) in [4.78, 5) is 14.1. The maximum Gasteiger partial charge on any atom is 0.223 e. The van der Waals surface area contributed by atoms with E-state index in [4.69, 9.17) is 0 Å². The average Bonchev–Trinajstić information content (AvgIpc) is 2.47. The molecule has 0 bridgehead atoms. The number of nitrogens with one attached hydrogen (secondary N) is 1. The molecule has 0 aromatic heterocycles. The van der Waals surface area contributed by atoms with E-state index in [0.29, 0.717) is 13.1 Å². The molecule has 1 saturated heterocycles. The van der Waals surface area contributed by atoms with E-state index in [-0.39, 0.29) is 11.8 Å². The first kappa shape index (κ1) is 17.0. The number of hydrogen-bond acceptors (Lipinski definition) is 3. The van der Waals surface area contributed by atoms with Gasteiger partial charge < -0.3 is 15.3 Å². The quantitative estimate of drug-likeness (QED) is 0.877. The molecule has 1 aliphatic rings. The third-order valence-corrected chi connectivity index (χ3v) is 4.37. The summed E-state index contributed by atoms with van der Waals surface area (Å²) < 4.78 is 0. The monoisotopic (exact) mass is 304 g/mol. The van der Waals surface area contributed by atoms with Crippen molar-refractivity contribution in [1.82, 2.24) is 10.2 Å². The van der Waals surface area contributed by atoms with Crippen molar-refractivity contribution in [2.45, 2.75) is 39.7 Å². The van der Waals surface area contributed by atoms with Crippen molar-refractivity contribution in [1.29, 1.82) is 0 Å². The number of likely N-dealkylation sites (tertiary alicyclic amines) is 1. The largest absolute Gasteiger partial charge is 0.387 e. The van der Waals surface area contributed by atoms with Gasteiger partial charge in [-0.2, -0.15) is 0 Å². The molecule has 2 N–H and O–H groups in total. The zero-order chi connectivity index (χ0) is 16.1. The number of β-amino-alcohol motifs (C(OH)–C–C–N with tert-alkyl or cyclic N) is 1. The molecule has 2 rings (SSSR count). The van der Waals surface area contributed by atoms with Crippen LogP contribution in [0.25, 0.3) is 0 Å². The number of hydrogen-bond donors (Lipinski definition) is 2. The van der Waals surface area contributed by atoms with Crippen molar-refractivity contribution in [3.05, 3.63) is 34.9 Å². The predicted octanol–water partition coefficient (Wildman–Crippen LogP) is 2.18. The summed E-state index contributed by atoms with van der Waals surface area (Å²) in [6.07, 6.45) is 1.30. The first-order valence-corrected chi connectivity index (χ1v) is 8.26. The highest BCUT2D eigenvalue weighted by molar-refractivity contribution is 5.78. The first-order chi connectivity index (χ1) is 10.5. The Morgan fingerprint density at radius 1 is 1.27 bits per heavy atom. The molecule has 0 saturated carbocycles.